The topological polar surface area (TPSA) is 40.6 Å². The molecule has 2 aromatic rings. The Kier molecular flexibility index (Phi) is 6.14. The van der Waals surface area contributed by atoms with Crippen LogP contribution in [0.1, 0.15) is 46.6 Å². The number of rotatable bonds is 4. The summed E-state index contributed by atoms with van der Waals surface area (Å²) in [5.41, 5.74) is 2.94. The average Bonchev–Trinajstić information content (AvgIpc) is 3.03. The minimum absolute atomic E-state index is 0.0326. The lowest BCUT2D eigenvalue weighted by Gasteiger charge is -2.35. The van der Waals surface area contributed by atoms with Crippen molar-refractivity contribution in [1.29, 1.82) is 0 Å². The highest BCUT2D eigenvalue weighted by molar-refractivity contribution is 8.01. The predicted octanol–water partition coefficient (Wildman–Crippen LogP) is 4.65. The summed E-state index contributed by atoms with van der Waals surface area (Å²) in [7, 11) is 0. The second kappa shape index (κ2) is 8.80. The van der Waals surface area contributed by atoms with Crippen LogP contribution in [0.5, 0.6) is 0 Å². The Bertz CT molecular complexity index is 925. The van der Waals surface area contributed by atoms with E-state index in [9.17, 15) is 14.0 Å². The third kappa shape index (κ3) is 4.24. The summed E-state index contributed by atoms with van der Waals surface area (Å²) in [6, 6.07) is 14.0. The molecular formula is C24H27FN2O2S. The maximum atomic E-state index is 13.1. The van der Waals surface area contributed by atoms with Crippen LogP contribution in [0.2, 0.25) is 0 Å². The van der Waals surface area contributed by atoms with Crippen LogP contribution in [-0.2, 0) is 4.79 Å². The highest BCUT2D eigenvalue weighted by Crippen LogP contribution is 2.44. The van der Waals surface area contributed by atoms with E-state index in [0.29, 0.717) is 24.6 Å². The zero-order valence-electron chi connectivity index (χ0n) is 17.4. The van der Waals surface area contributed by atoms with E-state index in [0.717, 1.165) is 19.4 Å². The van der Waals surface area contributed by atoms with Crippen molar-refractivity contribution in [3.63, 3.8) is 0 Å². The summed E-state index contributed by atoms with van der Waals surface area (Å²) >= 11 is 1.72. The van der Waals surface area contributed by atoms with Crippen molar-refractivity contribution < 1.29 is 14.0 Å². The molecule has 2 amide bonds. The fourth-order valence-electron chi connectivity index (χ4n) is 4.34. The molecule has 0 spiro atoms. The summed E-state index contributed by atoms with van der Waals surface area (Å²) in [5.74, 6) is 0.199. The van der Waals surface area contributed by atoms with E-state index >= 15 is 0 Å². The molecule has 2 saturated heterocycles. The van der Waals surface area contributed by atoms with E-state index in [1.165, 1.54) is 35.4 Å². The van der Waals surface area contributed by atoms with Crippen LogP contribution >= 0.6 is 11.8 Å². The molecule has 158 valence electrons. The van der Waals surface area contributed by atoms with Crippen molar-refractivity contribution in [2.45, 2.75) is 37.3 Å². The van der Waals surface area contributed by atoms with Gasteiger partial charge in [-0.05, 0) is 68.0 Å². The number of hydrogen-bond acceptors (Lipinski definition) is 3. The van der Waals surface area contributed by atoms with Crippen molar-refractivity contribution in [2.75, 3.05) is 19.6 Å². The van der Waals surface area contributed by atoms with Crippen LogP contribution in [0.3, 0.4) is 0 Å². The molecule has 6 heteroatoms. The molecule has 2 fully saturated rings. The third-order valence-electron chi connectivity index (χ3n) is 6.15. The summed E-state index contributed by atoms with van der Waals surface area (Å²) in [5, 5.41) is 0.0299. The molecule has 2 heterocycles. The van der Waals surface area contributed by atoms with Gasteiger partial charge in [0.25, 0.3) is 5.91 Å². The van der Waals surface area contributed by atoms with Crippen molar-refractivity contribution in [3.05, 3.63) is 71.0 Å². The van der Waals surface area contributed by atoms with Gasteiger partial charge in [-0.1, -0.05) is 24.3 Å². The van der Waals surface area contributed by atoms with Crippen LogP contribution in [0.25, 0.3) is 0 Å². The number of carbonyl (C=O) groups excluding carboxylic acids is 2. The average molecular weight is 427 g/mol. The Balaban J connectivity index is 1.40. The molecule has 0 N–H and O–H groups in total. The molecule has 0 unspecified atom stereocenters. The summed E-state index contributed by atoms with van der Waals surface area (Å²) in [4.78, 5) is 29.4. The highest BCUT2D eigenvalue weighted by Gasteiger charge is 2.40. The molecule has 4 nitrogen and oxygen atoms in total. The molecule has 0 bridgehead atoms. The second-order valence-corrected chi connectivity index (χ2v) is 9.65. The zero-order chi connectivity index (χ0) is 21.3. The SMILES string of the molecule is Cc1ccccc1[C@H]1S[C@@H](C)C(=O)N1CC1CCN(C(=O)c2ccc(F)cc2)CC1. The van der Waals surface area contributed by atoms with E-state index in [4.69, 9.17) is 0 Å². The number of thioether (sulfide) groups is 1. The summed E-state index contributed by atoms with van der Waals surface area (Å²) in [6.45, 7) is 6.15. The lowest BCUT2D eigenvalue weighted by Crippen LogP contribution is -2.42. The largest absolute Gasteiger partial charge is 0.339 e. The number of amides is 2. The molecule has 0 aromatic heterocycles. The van der Waals surface area contributed by atoms with Gasteiger partial charge in [0.05, 0.1) is 5.25 Å². The quantitative estimate of drug-likeness (QED) is 0.715. The van der Waals surface area contributed by atoms with Crippen molar-refractivity contribution in [3.8, 4) is 0 Å². The number of piperidine rings is 1. The van der Waals surface area contributed by atoms with Crippen LogP contribution in [0.4, 0.5) is 4.39 Å². The molecule has 2 aliphatic heterocycles. The van der Waals surface area contributed by atoms with Crippen LogP contribution in [0.15, 0.2) is 48.5 Å². The standard InChI is InChI=1S/C24H27FN2O2S/c1-16-5-3-4-6-21(16)24-27(22(28)17(2)30-24)15-18-11-13-26(14-12-18)23(29)19-7-9-20(25)10-8-19/h3-10,17-18,24H,11-15H2,1-2H3/t17-,24+/m0/s1. The van der Waals surface area contributed by atoms with Gasteiger partial charge in [-0.2, -0.15) is 0 Å². The first-order valence-corrected chi connectivity index (χ1v) is 11.4. The number of nitrogens with zero attached hydrogens (tertiary/aromatic N) is 2. The maximum Gasteiger partial charge on any atom is 0.253 e. The molecule has 2 aliphatic rings. The highest BCUT2D eigenvalue weighted by atomic mass is 32.2. The lowest BCUT2D eigenvalue weighted by molar-refractivity contribution is -0.130. The normalized spacial score (nSPS) is 22.6. The van der Waals surface area contributed by atoms with Gasteiger partial charge in [-0.15, -0.1) is 11.8 Å². The third-order valence-corrected chi connectivity index (χ3v) is 7.53. The van der Waals surface area contributed by atoms with Crippen LogP contribution in [0, 0.1) is 18.7 Å². The summed E-state index contributed by atoms with van der Waals surface area (Å²) in [6.07, 6.45) is 1.74. The monoisotopic (exact) mass is 426 g/mol. The van der Waals surface area contributed by atoms with Gasteiger partial charge in [0.2, 0.25) is 5.91 Å². The first kappa shape index (κ1) is 20.9. The Morgan fingerprint density at radius 1 is 1.10 bits per heavy atom. The van der Waals surface area contributed by atoms with E-state index in [-0.39, 0.29) is 28.3 Å². The van der Waals surface area contributed by atoms with Crippen LogP contribution < -0.4 is 0 Å². The number of likely N-dealkylation sites (tertiary alicyclic amines) is 1. The van der Waals surface area contributed by atoms with Crippen molar-refractivity contribution in [1.82, 2.24) is 9.80 Å². The van der Waals surface area contributed by atoms with Crippen molar-refractivity contribution in [2.24, 2.45) is 5.92 Å². The smallest absolute Gasteiger partial charge is 0.253 e. The molecule has 4 rings (SSSR count). The molecule has 0 saturated carbocycles. The summed E-state index contributed by atoms with van der Waals surface area (Å²) < 4.78 is 13.1. The Morgan fingerprint density at radius 3 is 2.43 bits per heavy atom. The van der Waals surface area contributed by atoms with Gasteiger partial charge in [-0.25, -0.2) is 4.39 Å². The van der Waals surface area contributed by atoms with E-state index < -0.39 is 0 Å². The van der Waals surface area contributed by atoms with Gasteiger partial charge in [0, 0.05) is 25.2 Å². The molecule has 0 radical (unpaired) electrons. The lowest BCUT2D eigenvalue weighted by atomic mass is 9.95. The molecule has 30 heavy (non-hydrogen) atoms. The molecular weight excluding hydrogens is 399 g/mol. The van der Waals surface area contributed by atoms with Gasteiger partial charge >= 0.3 is 0 Å². The number of hydrogen-bond donors (Lipinski definition) is 0. The number of halogens is 1. The zero-order valence-corrected chi connectivity index (χ0v) is 18.2. The van der Waals surface area contributed by atoms with Gasteiger partial charge in [0.15, 0.2) is 0 Å². The number of aryl methyl sites for hydroxylation is 1. The molecule has 2 atom stereocenters. The van der Waals surface area contributed by atoms with E-state index in [1.54, 1.807) is 11.8 Å². The van der Waals surface area contributed by atoms with Crippen LogP contribution in [-0.4, -0.2) is 46.5 Å². The minimum atomic E-state index is -0.337. The Hall–Kier alpha value is -2.34. The maximum absolute atomic E-state index is 13.1. The minimum Gasteiger partial charge on any atom is -0.339 e. The number of benzene rings is 2. The fourth-order valence-corrected chi connectivity index (χ4v) is 5.72. The van der Waals surface area contributed by atoms with Crippen molar-refractivity contribution >= 4 is 23.6 Å². The fraction of sp³-hybridized carbons (Fsp3) is 0.417. The Morgan fingerprint density at radius 2 is 1.77 bits per heavy atom. The second-order valence-electron chi connectivity index (χ2n) is 8.22. The van der Waals surface area contributed by atoms with E-state index in [2.05, 4.69) is 19.1 Å². The van der Waals surface area contributed by atoms with Gasteiger partial charge in [-0.3, -0.25) is 9.59 Å². The first-order chi connectivity index (χ1) is 14.4. The predicted molar refractivity (Wildman–Crippen MR) is 118 cm³/mol. The molecule has 2 aromatic carbocycles. The van der Waals surface area contributed by atoms with Gasteiger partial charge in [0.1, 0.15) is 11.2 Å². The first-order valence-electron chi connectivity index (χ1n) is 10.5. The molecule has 0 aliphatic carbocycles. The number of carbonyl (C=O) groups is 2. The van der Waals surface area contributed by atoms with E-state index in [1.807, 2.05) is 28.9 Å². The van der Waals surface area contributed by atoms with Gasteiger partial charge < -0.3 is 9.80 Å². The Labute approximate surface area is 181 Å².